The lowest BCUT2D eigenvalue weighted by atomic mass is 9.90. The fourth-order valence-corrected chi connectivity index (χ4v) is 19.5. The smallest absolute Gasteiger partial charge is 0.335 e. The zero-order valence-corrected chi connectivity index (χ0v) is 85.9. The molecule has 22 rings (SSSR count). The fourth-order valence-electron chi connectivity index (χ4n) is 19.3. The van der Waals surface area contributed by atoms with Gasteiger partial charge < -0.3 is 10.2 Å². The Morgan fingerprint density at radius 2 is 0.379 bits per heavy atom. The number of aromatic nitrogens is 6. The molecular weight excluding hydrogens is 2080 g/mol. The number of amides is 2. The number of carbonyl (C=O) groups is 4. The number of fused-ring (bicyclic) bond motifs is 12. The Balaban J connectivity index is 0.000000189. The minimum absolute atomic E-state index is 0. The standard InChI is InChI=1S/C42H28F2N4O2S2.C42H26F2N2O4.C28H22N2.4C2H6.3CH4.I2/c43-33-21-25(41(49)45-51)17-19-27(33)23-47-35-13-5-1-9-29(35)39(30-10-2-6-14-36(30)47)40-31-11-3-7-15-37(31)48(38-16-8-4-12-32(38)40)24-28-20-18-26(22-34(28)44)42(50)46-52;43-33-21-25(41(47)48)17-19-27(33)23-45-35-13-5-1-9-29(35)39(30-10-2-6-14-36(30)45)40-31-11-3-7-15-37(31)46(38-16-8-4-12-32(38)40)24-28-20-18-26(42(49)50)22-34(28)44;1-29-23-15-7-3-11-19(23)27(20-12-4-8-16-24(20)29)28-21-13-5-9-17-25(21)30(2)26-18-10-6-14-22(26)28;4*1-2;;;;1-2/h1-22H,23-24H2,(H2-2,45,46,49,50,51,52);1-22H,23-24H2;3-18H,1-2H3;4*1-2H3;3*1H4;/q;;+2;;;;;;;;/p+4. The molecule has 14 nitrogen and oxygen atoms in total. The zero-order chi connectivity index (χ0) is 101. The van der Waals surface area contributed by atoms with Gasteiger partial charge in [-0.25, -0.2) is 27.2 Å². The number of thiol groups is 2. The van der Waals surface area contributed by atoms with Crippen molar-refractivity contribution in [3.05, 3.63) is 432 Å². The molecule has 0 aliphatic heterocycles. The lowest BCUT2D eigenvalue weighted by Crippen LogP contribution is -2.37. The summed E-state index contributed by atoms with van der Waals surface area (Å²) in [7, 11) is 4.32. The average Bonchev–Trinajstić information content (AvgIpc) is 0.727. The summed E-state index contributed by atoms with van der Waals surface area (Å²) in [5.41, 5.74) is 20.5. The van der Waals surface area contributed by atoms with Crippen molar-refractivity contribution >= 4 is 217 Å². The Hall–Kier alpha value is -14.7. The second kappa shape index (κ2) is 49.5. The Morgan fingerprint density at radius 1 is 0.241 bits per heavy atom. The van der Waals surface area contributed by atoms with Crippen molar-refractivity contribution in [3.8, 4) is 33.4 Å². The van der Waals surface area contributed by atoms with Gasteiger partial charge in [0.1, 0.15) is 37.4 Å². The van der Waals surface area contributed by atoms with E-state index in [1.54, 1.807) is 24.3 Å². The summed E-state index contributed by atoms with van der Waals surface area (Å²) in [5, 5.41) is 31.6. The number of halogens is 6. The summed E-state index contributed by atoms with van der Waals surface area (Å²) < 4.78 is 79.2. The van der Waals surface area contributed by atoms with Crippen molar-refractivity contribution in [1.29, 1.82) is 0 Å². The van der Waals surface area contributed by atoms with Gasteiger partial charge >= 0.3 is 11.9 Å². The maximum atomic E-state index is 15.6. The molecule has 732 valence electrons. The van der Waals surface area contributed by atoms with E-state index in [4.69, 9.17) is 0 Å². The fraction of sp³-hybridized carbons (Fsp3) is 0.138. The SMILES string of the molecule is C.C.C.CC.CC.CC.CC.C[n+]1c2ccccc2c(-c2c3ccccc3[n+](C)c3ccccc23)c2ccccc21.II.O=C(NS)c1ccc(C[n+]2c3ccccc3c(-c3c4ccccc4[n+](Cc4ccc(C(=O)NS)cc4F)c4ccccc34)c3ccccc32)c(F)c1.O=C(O)c1ccc(C[n+]2c3ccccc3c(-c3c4ccccc4[n+](Cc4ccc(C(=O)O)cc4F)c4ccccc34)c3ccccc32)c(F)c1. The van der Waals surface area contributed by atoms with E-state index in [1.807, 2.05) is 201 Å². The van der Waals surface area contributed by atoms with Crippen molar-refractivity contribution in [2.45, 2.75) is 104 Å². The van der Waals surface area contributed by atoms with E-state index in [1.165, 1.54) is 91.1 Å². The number of rotatable bonds is 15. The molecular formula is C123H116F4I2N8O6S2+6. The first kappa shape index (κ1) is 109. The molecule has 22 aromatic rings. The van der Waals surface area contributed by atoms with Crippen LogP contribution in [0.15, 0.2) is 364 Å². The van der Waals surface area contributed by atoms with Crippen LogP contribution in [0.1, 0.15) is 141 Å². The van der Waals surface area contributed by atoms with Gasteiger partial charge in [-0.15, -0.1) is 0 Å². The van der Waals surface area contributed by atoms with E-state index in [9.17, 15) is 29.4 Å². The molecule has 0 fully saturated rings. The third-order valence-electron chi connectivity index (χ3n) is 25.3. The number of aryl methyl sites for hydroxylation is 2. The predicted octanol–water partition coefficient (Wildman–Crippen LogP) is 29.8. The van der Waals surface area contributed by atoms with Gasteiger partial charge in [0.15, 0.2) is 26.2 Å². The highest BCUT2D eigenvalue weighted by Gasteiger charge is 2.34. The number of carbonyl (C=O) groups excluding carboxylic acids is 2. The summed E-state index contributed by atoms with van der Waals surface area (Å²) >= 11 is 11.9. The molecule has 6 heterocycles. The van der Waals surface area contributed by atoms with Crippen LogP contribution in [0, 0.1) is 23.3 Å². The number of benzene rings is 16. The molecule has 0 aliphatic carbocycles. The maximum Gasteiger partial charge on any atom is 0.335 e. The first-order chi connectivity index (χ1) is 69.4. The number of hydrogen-bond acceptors (Lipinski definition) is 6. The van der Waals surface area contributed by atoms with Crippen LogP contribution in [-0.4, -0.2) is 34.0 Å². The number of nitrogens with one attached hydrogen (secondary N) is 2. The number of carboxylic acid groups (broad SMARTS) is 2. The Kier molecular flexibility index (Phi) is 37.3. The summed E-state index contributed by atoms with van der Waals surface area (Å²) in [6.07, 6.45) is 0. The van der Waals surface area contributed by atoms with Crippen LogP contribution >= 0.6 is 62.9 Å². The van der Waals surface area contributed by atoms with E-state index < -0.39 is 47.0 Å². The van der Waals surface area contributed by atoms with Crippen molar-refractivity contribution in [3.63, 3.8) is 0 Å². The third kappa shape index (κ3) is 21.3. The molecule has 4 N–H and O–H groups in total. The van der Waals surface area contributed by atoms with E-state index in [-0.39, 0.29) is 70.7 Å². The van der Waals surface area contributed by atoms with E-state index in [2.05, 4.69) is 259 Å². The average molecular weight is 2200 g/mol. The lowest BCUT2D eigenvalue weighted by Gasteiger charge is -2.17. The normalized spacial score (nSPS) is 10.7. The largest absolute Gasteiger partial charge is 0.478 e. The van der Waals surface area contributed by atoms with Gasteiger partial charge in [-0.3, -0.25) is 19.0 Å². The molecule has 0 bridgehead atoms. The Morgan fingerprint density at radius 3 is 0.531 bits per heavy atom. The predicted molar refractivity (Wildman–Crippen MR) is 611 cm³/mol. The van der Waals surface area contributed by atoms with Gasteiger partial charge in [-0.2, -0.15) is 27.4 Å². The van der Waals surface area contributed by atoms with Crippen LogP contribution in [0.3, 0.4) is 0 Å². The van der Waals surface area contributed by atoms with Gasteiger partial charge in [-0.1, -0.05) is 249 Å². The number of nitrogens with zero attached hydrogens (tertiary/aromatic N) is 6. The van der Waals surface area contributed by atoms with Crippen LogP contribution < -0.4 is 36.8 Å². The zero-order valence-electron chi connectivity index (χ0n) is 79.8. The van der Waals surface area contributed by atoms with E-state index in [0.29, 0.717) is 22.3 Å². The highest BCUT2D eigenvalue weighted by Crippen LogP contribution is 2.46. The van der Waals surface area contributed by atoms with Crippen molar-refractivity contribution in [2.24, 2.45) is 14.1 Å². The van der Waals surface area contributed by atoms with Gasteiger partial charge in [0.05, 0.1) is 98.0 Å². The minimum atomic E-state index is -1.19. The van der Waals surface area contributed by atoms with Crippen LogP contribution in [0.2, 0.25) is 0 Å². The minimum Gasteiger partial charge on any atom is -0.478 e. The number of hydrogen-bond donors (Lipinski definition) is 6. The van der Waals surface area contributed by atoms with Crippen LogP contribution in [0.5, 0.6) is 0 Å². The quantitative estimate of drug-likeness (QED) is 0.0197. The Bertz CT molecular complexity index is 7810. The molecule has 16 aromatic carbocycles. The van der Waals surface area contributed by atoms with Gasteiger partial charge in [0.2, 0.25) is 66.2 Å². The van der Waals surface area contributed by atoms with Crippen molar-refractivity contribution in [2.75, 3.05) is 0 Å². The summed E-state index contributed by atoms with van der Waals surface area (Å²) in [6, 6.07) is 116. The van der Waals surface area contributed by atoms with Gasteiger partial charge in [-0.05, 0) is 146 Å². The molecule has 0 unspecified atom stereocenters. The van der Waals surface area contributed by atoms with Gasteiger partial charge in [0, 0.05) is 155 Å². The van der Waals surface area contributed by atoms with Gasteiger partial charge in [0.25, 0.3) is 11.8 Å². The lowest BCUT2D eigenvalue weighted by molar-refractivity contribution is -0.636. The number of carboxylic acids is 2. The van der Waals surface area contributed by atoms with Crippen LogP contribution in [-0.2, 0) is 40.3 Å². The second-order valence-electron chi connectivity index (χ2n) is 32.6. The molecule has 6 aromatic heterocycles. The van der Waals surface area contributed by atoms with Crippen molar-refractivity contribution in [1.82, 2.24) is 9.44 Å². The summed E-state index contributed by atoms with van der Waals surface area (Å²) in [4.78, 5) is 47.2. The molecule has 0 radical (unpaired) electrons. The highest BCUT2D eigenvalue weighted by molar-refractivity contribution is 15.0. The molecule has 0 saturated heterocycles. The number of aromatic carboxylic acids is 2. The Labute approximate surface area is 877 Å². The molecule has 145 heavy (non-hydrogen) atoms. The molecule has 0 aliphatic rings. The number of pyridine rings is 6. The molecule has 0 saturated carbocycles. The number of para-hydroxylation sites is 12. The molecule has 22 heteroatoms. The third-order valence-corrected chi connectivity index (χ3v) is 25.8. The monoisotopic (exact) mass is 2190 g/mol. The van der Waals surface area contributed by atoms with Crippen molar-refractivity contribution < 1.29 is 74.4 Å². The van der Waals surface area contributed by atoms with E-state index >= 15 is 17.6 Å². The van der Waals surface area contributed by atoms with Crippen LogP contribution in [0.25, 0.3) is 164 Å². The highest BCUT2D eigenvalue weighted by atomic mass is 128. The first-order valence-corrected chi connectivity index (χ1v) is 54.2. The summed E-state index contributed by atoms with van der Waals surface area (Å²) in [6.45, 7) is 16.8. The first-order valence-electron chi connectivity index (χ1n) is 47.0. The molecule has 0 spiro atoms. The van der Waals surface area contributed by atoms with E-state index in [0.717, 1.165) is 122 Å². The maximum absolute atomic E-state index is 15.6. The summed E-state index contributed by atoms with van der Waals surface area (Å²) in [5.74, 6) is -5.49. The molecule has 0 atom stereocenters. The topological polar surface area (TPSA) is 156 Å². The second-order valence-corrected chi connectivity index (χ2v) is 33.1. The van der Waals surface area contributed by atoms with Crippen LogP contribution in [0.4, 0.5) is 17.6 Å². The molecule has 2 amide bonds.